The van der Waals surface area contributed by atoms with Crippen LogP contribution in [-0.2, 0) is 23.1 Å². The number of ether oxygens (including phenoxy) is 2. The van der Waals surface area contributed by atoms with E-state index in [4.69, 9.17) is 23.8 Å². The molecule has 224 valence electrons. The molecule has 3 fully saturated rings. The van der Waals surface area contributed by atoms with Crippen LogP contribution >= 0.6 is 15.2 Å². The Kier molecular flexibility index (Phi) is 8.94. The number of aliphatic hydroxyl groups is 2. The molecule has 2 aliphatic heterocycles. The highest BCUT2D eigenvalue weighted by molar-refractivity contribution is 7.70. The number of nitrogens with one attached hydrogen (secondary N) is 1. The standard InChI is InChI=1S/C22H34FN5O10P2/c23-15-18(30)14(9-37-40(34,35)11-39(31,32)33)38-22(15)28-10-24-16-19(25-13-3-1-2-4-13)26-20(27-21(16)28)17(29)12-5-7-36-8-6-12/h10,12-15,17-18,22,29-30H,1-9,11H2,(H,34,35)(H,25,26,27)(H2,31,32,33)/t14-,15+,17?,18-,22+/m1/s1. The summed E-state index contributed by atoms with van der Waals surface area (Å²) < 4.78 is 55.5. The molecule has 1 saturated carbocycles. The molecule has 2 saturated heterocycles. The van der Waals surface area contributed by atoms with Crippen LogP contribution in [0, 0.1) is 5.92 Å². The summed E-state index contributed by atoms with van der Waals surface area (Å²) in [6.07, 6.45) is -1.20. The van der Waals surface area contributed by atoms with Gasteiger partial charge in [-0.05, 0) is 31.6 Å². The minimum absolute atomic E-state index is 0.133. The molecule has 5 rings (SSSR count). The van der Waals surface area contributed by atoms with Gasteiger partial charge in [-0.3, -0.25) is 13.7 Å². The highest BCUT2D eigenvalue weighted by atomic mass is 31.2. The first kappa shape index (κ1) is 29.9. The van der Waals surface area contributed by atoms with E-state index in [1.165, 1.54) is 10.9 Å². The predicted octanol–water partition coefficient (Wildman–Crippen LogP) is 1.57. The average Bonchev–Trinajstić information content (AvgIpc) is 3.62. The van der Waals surface area contributed by atoms with E-state index in [1.54, 1.807) is 0 Å². The van der Waals surface area contributed by atoms with Gasteiger partial charge in [0.15, 0.2) is 41.1 Å². The third kappa shape index (κ3) is 6.73. The first-order valence-electron chi connectivity index (χ1n) is 13.2. The molecule has 6 N–H and O–H groups in total. The van der Waals surface area contributed by atoms with Crippen molar-refractivity contribution in [2.24, 2.45) is 5.92 Å². The number of hydrogen-bond donors (Lipinski definition) is 6. The maximum Gasteiger partial charge on any atom is 0.340 e. The van der Waals surface area contributed by atoms with Gasteiger partial charge >= 0.3 is 15.2 Å². The Balaban J connectivity index is 1.42. The molecule has 0 radical (unpaired) electrons. The molecule has 0 aromatic carbocycles. The van der Waals surface area contributed by atoms with Gasteiger partial charge in [-0.15, -0.1) is 0 Å². The van der Waals surface area contributed by atoms with Crippen LogP contribution in [0.4, 0.5) is 10.2 Å². The maximum absolute atomic E-state index is 15.3. The van der Waals surface area contributed by atoms with Crippen LogP contribution in [-0.4, -0.2) is 94.6 Å². The summed E-state index contributed by atoms with van der Waals surface area (Å²) in [5, 5.41) is 25.0. The topological polar surface area (TPSA) is 219 Å². The second kappa shape index (κ2) is 12.0. The van der Waals surface area contributed by atoms with Gasteiger partial charge in [0.1, 0.15) is 18.3 Å². The molecule has 2 aromatic heterocycles. The molecule has 1 aliphatic carbocycles. The van der Waals surface area contributed by atoms with Gasteiger partial charge in [-0.1, -0.05) is 12.8 Å². The Morgan fingerprint density at radius 3 is 2.52 bits per heavy atom. The molecule has 3 aliphatic rings. The SMILES string of the molecule is O=P(O)(O)CP(=O)(O)OC[C@H]1O[C@H](n2cnc3c(NC4CCCC4)nc(C(O)C4CCOCC4)nc32)[C@@H](F)[C@@H]1O. The quantitative estimate of drug-likeness (QED) is 0.211. The fraction of sp³-hybridized carbons (Fsp3) is 0.773. The van der Waals surface area contributed by atoms with Crippen LogP contribution in [0.2, 0.25) is 0 Å². The van der Waals surface area contributed by atoms with Crippen molar-refractivity contribution in [2.75, 3.05) is 31.0 Å². The lowest BCUT2D eigenvalue weighted by atomic mass is 9.93. The van der Waals surface area contributed by atoms with Crippen LogP contribution in [0.3, 0.4) is 0 Å². The minimum Gasteiger partial charge on any atom is -0.387 e. The molecular formula is C22H34FN5O10P2. The van der Waals surface area contributed by atoms with Gasteiger partial charge in [-0.2, -0.15) is 0 Å². The highest BCUT2D eigenvalue weighted by Gasteiger charge is 2.47. The lowest BCUT2D eigenvalue weighted by Gasteiger charge is -2.26. The molecule has 0 bridgehead atoms. The van der Waals surface area contributed by atoms with Gasteiger partial charge in [0, 0.05) is 19.3 Å². The number of imidazole rings is 1. The Morgan fingerprint density at radius 2 is 1.85 bits per heavy atom. The van der Waals surface area contributed by atoms with E-state index in [2.05, 4.69) is 20.3 Å². The second-order valence-corrected chi connectivity index (χ2v) is 14.5. The lowest BCUT2D eigenvalue weighted by Crippen LogP contribution is -2.31. The van der Waals surface area contributed by atoms with Gasteiger partial charge in [0.25, 0.3) is 0 Å². The number of hydrogen-bond acceptors (Lipinski definition) is 11. The number of alkyl halides is 1. The van der Waals surface area contributed by atoms with E-state index in [9.17, 15) is 24.2 Å². The Labute approximate surface area is 228 Å². The predicted molar refractivity (Wildman–Crippen MR) is 137 cm³/mol. The van der Waals surface area contributed by atoms with Crippen molar-refractivity contribution in [1.82, 2.24) is 19.5 Å². The molecule has 4 heterocycles. The summed E-state index contributed by atoms with van der Waals surface area (Å²) in [7, 11) is -9.62. The fourth-order valence-corrected chi connectivity index (χ4v) is 7.96. The minimum atomic E-state index is -4.87. The van der Waals surface area contributed by atoms with Crippen molar-refractivity contribution in [3.05, 3.63) is 12.2 Å². The fourth-order valence-electron chi connectivity index (χ4n) is 5.39. The lowest BCUT2D eigenvalue weighted by molar-refractivity contribution is -0.0425. The van der Waals surface area contributed by atoms with Crippen LogP contribution in [0.15, 0.2) is 6.33 Å². The number of aliphatic hydroxyl groups excluding tert-OH is 2. The van der Waals surface area contributed by atoms with Crippen LogP contribution in [0.5, 0.6) is 0 Å². The highest BCUT2D eigenvalue weighted by Crippen LogP contribution is 2.55. The third-order valence-electron chi connectivity index (χ3n) is 7.48. The van der Waals surface area contributed by atoms with E-state index >= 15 is 4.39 Å². The number of nitrogens with zero attached hydrogens (tertiary/aromatic N) is 4. The molecule has 6 atom stereocenters. The number of aromatic nitrogens is 4. The Hall–Kier alpha value is -1.58. The van der Waals surface area contributed by atoms with E-state index in [-0.39, 0.29) is 23.4 Å². The largest absolute Gasteiger partial charge is 0.387 e. The number of anilines is 1. The van der Waals surface area contributed by atoms with Gasteiger partial charge in [0.2, 0.25) is 0 Å². The van der Waals surface area contributed by atoms with Crippen LogP contribution < -0.4 is 5.32 Å². The molecule has 0 spiro atoms. The zero-order valence-electron chi connectivity index (χ0n) is 21.5. The zero-order chi connectivity index (χ0) is 28.7. The Bertz CT molecular complexity index is 1280. The smallest absolute Gasteiger partial charge is 0.340 e. The molecule has 18 heteroatoms. The molecular weight excluding hydrogens is 575 g/mol. The van der Waals surface area contributed by atoms with Crippen LogP contribution in [0.25, 0.3) is 11.2 Å². The van der Waals surface area contributed by atoms with Crippen LogP contribution in [0.1, 0.15) is 56.7 Å². The van der Waals surface area contributed by atoms with Crippen molar-refractivity contribution in [1.29, 1.82) is 0 Å². The van der Waals surface area contributed by atoms with E-state index in [0.29, 0.717) is 37.4 Å². The monoisotopic (exact) mass is 609 g/mol. The van der Waals surface area contributed by atoms with Crippen molar-refractivity contribution in [3.8, 4) is 0 Å². The Morgan fingerprint density at radius 1 is 1.15 bits per heavy atom. The van der Waals surface area contributed by atoms with E-state index in [0.717, 1.165) is 25.7 Å². The summed E-state index contributed by atoms with van der Waals surface area (Å²) in [6, 6.07) is 0.152. The summed E-state index contributed by atoms with van der Waals surface area (Å²) in [6.45, 7) is 0.214. The number of fused-ring (bicyclic) bond motifs is 1. The van der Waals surface area contributed by atoms with E-state index < -0.39 is 58.4 Å². The maximum atomic E-state index is 15.3. The normalized spacial score (nSPS) is 29.1. The van der Waals surface area contributed by atoms with Gasteiger partial charge < -0.3 is 44.2 Å². The molecule has 2 aromatic rings. The first-order valence-corrected chi connectivity index (χ1v) is 16.7. The number of halogens is 1. The van der Waals surface area contributed by atoms with Gasteiger partial charge in [0.05, 0.1) is 12.9 Å². The zero-order valence-corrected chi connectivity index (χ0v) is 23.3. The number of rotatable bonds is 10. The molecule has 0 amide bonds. The van der Waals surface area contributed by atoms with Crippen molar-refractivity contribution < 1.29 is 52.4 Å². The van der Waals surface area contributed by atoms with Crippen molar-refractivity contribution >= 4 is 32.2 Å². The average molecular weight is 609 g/mol. The summed E-state index contributed by atoms with van der Waals surface area (Å²) in [5.74, 6) is -1.04. The van der Waals surface area contributed by atoms with Crippen molar-refractivity contribution in [3.63, 3.8) is 0 Å². The van der Waals surface area contributed by atoms with Crippen molar-refractivity contribution in [2.45, 2.75) is 75.3 Å². The van der Waals surface area contributed by atoms with Gasteiger partial charge in [-0.25, -0.2) is 19.3 Å². The molecule has 40 heavy (non-hydrogen) atoms. The third-order valence-corrected chi connectivity index (χ3v) is 10.9. The molecule has 2 unspecified atom stereocenters. The van der Waals surface area contributed by atoms with E-state index in [1.807, 2.05) is 0 Å². The molecule has 15 nitrogen and oxygen atoms in total. The second-order valence-electron chi connectivity index (χ2n) is 10.5. The summed E-state index contributed by atoms with van der Waals surface area (Å²) in [4.78, 5) is 41.2. The first-order chi connectivity index (χ1) is 18.9. The summed E-state index contributed by atoms with van der Waals surface area (Å²) in [5.41, 5.74) is 0.480. The summed E-state index contributed by atoms with van der Waals surface area (Å²) >= 11 is 0.